The topological polar surface area (TPSA) is 69.6 Å². The summed E-state index contributed by atoms with van der Waals surface area (Å²) in [6.07, 6.45) is -0.0438. The molecule has 5 nitrogen and oxygen atoms in total. The summed E-state index contributed by atoms with van der Waals surface area (Å²) in [5.41, 5.74) is -0.265. The summed E-state index contributed by atoms with van der Waals surface area (Å²) in [4.78, 5) is 24.7. The second-order valence-electron chi connectivity index (χ2n) is 5.57. The van der Waals surface area contributed by atoms with Gasteiger partial charge in [0.1, 0.15) is 0 Å². The highest BCUT2D eigenvalue weighted by Crippen LogP contribution is 2.22. The Morgan fingerprint density at radius 1 is 1.33 bits per heavy atom. The second-order valence-corrected chi connectivity index (χ2v) is 6.79. The molecule has 1 aliphatic heterocycles. The van der Waals surface area contributed by atoms with Crippen LogP contribution in [-0.4, -0.2) is 52.6 Å². The molecular formula is C12H22N2O3S. The summed E-state index contributed by atoms with van der Waals surface area (Å²) in [6.45, 7) is 7.29. The van der Waals surface area contributed by atoms with Crippen molar-refractivity contribution in [2.75, 3.05) is 24.6 Å². The number of rotatable bonds is 3. The molecule has 0 saturated carbocycles. The van der Waals surface area contributed by atoms with Crippen molar-refractivity contribution in [1.82, 2.24) is 10.2 Å². The predicted molar refractivity (Wildman–Crippen MR) is 72.9 cm³/mol. The maximum Gasteiger partial charge on any atom is 0.317 e. The largest absolute Gasteiger partial charge is 0.481 e. The second kappa shape index (κ2) is 6.31. The normalized spacial score (nSPS) is 18.3. The van der Waals surface area contributed by atoms with Gasteiger partial charge in [-0.25, -0.2) is 4.79 Å². The number of urea groups is 1. The minimum atomic E-state index is -0.885. The molecule has 0 radical (unpaired) electrons. The van der Waals surface area contributed by atoms with Crippen LogP contribution in [0.5, 0.6) is 0 Å². The van der Waals surface area contributed by atoms with Gasteiger partial charge in [-0.1, -0.05) is 20.8 Å². The van der Waals surface area contributed by atoms with Gasteiger partial charge in [-0.3, -0.25) is 4.79 Å². The van der Waals surface area contributed by atoms with Crippen LogP contribution in [0.25, 0.3) is 0 Å². The van der Waals surface area contributed by atoms with E-state index in [-0.39, 0.29) is 23.9 Å². The molecule has 1 heterocycles. The van der Waals surface area contributed by atoms with Crippen LogP contribution in [0.4, 0.5) is 4.79 Å². The van der Waals surface area contributed by atoms with Gasteiger partial charge in [0.25, 0.3) is 0 Å². The summed E-state index contributed by atoms with van der Waals surface area (Å²) in [5.74, 6) is 1.02. The zero-order valence-corrected chi connectivity index (χ0v) is 12.0. The van der Waals surface area contributed by atoms with E-state index in [0.29, 0.717) is 0 Å². The van der Waals surface area contributed by atoms with E-state index >= 15 is 0 Å². The number of thioether (sulfide) groups is 1. The third-order valence-corrected chi connectivity index (χ3v) is 3.96. The highest BCUT2D eigenvalue weighted by molar-refractivity contribution is 7.99. The van der Waals surface area contributed by atoms with Crippen molar-refractivity contribution in [3.05, 3.63) is 0 Å². The molecule has 2 N–H and O–H groups in total. The Hall–Kier alpha value is -0.910. The Kier molecular flexibility index (Phi) is 5.31. The Bertz CT molecular complexity index is 309. The number of carbonyl (C=O) groups is 2. The molecule has 0 aromatic heterocycles. The highest BCUT2D eigenvalue weighted by Gasteiger charge is 2.30. The van der Waals surface area contributed by atoms with Crippen molar-refractivity contribution in [2.24, 2.45) is 5.41 Å². The number of nitrogens with one attached hydrogen (secondary N) is 1. The number of hydrogen-bond acceptors (Lipinski definition) is 3. The summed E-state index contributed by atoms with van der Waals surface area (Å²) in [5, 5.41) is 11.8. The van der Waals surface area contributed by atoms with Gasteiger partial charge >= 0.3 is 12.0 Å². The van der Waals surface area contributed by atoms with E-state index in [2.05, 4.69) is 5.32 Å². The van der Waals surface area contributed by atoms with E-state index < -0.39 is 5.97 Å². The third-order valence-electron chi connectivity index (χ3n) is 3.02. The molecule has 18 heavy (non-hydrogen) atoms. The van der Waals surface area contributed by atoms with E-state index in [4.69, 9.17) is 5.11 Å². The van der Waals surface area contributed by atoms with Crippen LogP contribution in [0.2, 0.25) is 0 Å². The van der Waals surface area contributed by atoms with Crippen LogP contribution in [0, 0.1) is 5.41 Å². The first-order chi connectivity index (χ1) is 8.30. The van der Waals surface area contributed by atoms with Gasteiger partial charge < -0.3 is 15.3 Å². The lowest BCUT2D eigenvalue weighted by molar-refractivity contribution is -0.138. The molecule has 0 spiro atoms. The molecule has 1 rings (SSSR count). The Labute approximate surface area is 112 Å². The molecular weight excluding hydrogens is 252 g/mol. The quantitative estimate of drug-likeness (QED) is 0.821. The Balaban J connectivity index is 2.59. The van der Waals surface area contributed by atoms with Gasteiger partial charge in [0.2, 0.25) is 0 Å². The van der Waals surface area contributed by atoms with E-state index in [1.165, 1.54) is 0 Å². The molecule has 2 amide bonds. The van der Waals surface area contributed by atoms with E-state index in [9.17, 15) is 9.59 Å². The van der Waals surface area contributed by atoms with Crippen molar-refractivity contribution in [3.63, 3.8) is 0 Å². The van der Waals surface area contributed by atoms with Gasteiger partial charge in [0.05, 0.1) is 6.42 Å². The predicted octanol–water partition coefficient (Wildman–Crippen LogP) is 1.63. The first kappa shape index (κ1) is 15.1. The smallest absolute Gasteiger partial charge is 0.317 e. The SMILES string of the molecule is CC(C)(C)C(CC(=O)O)NC(=O)N1CCSCC1. The summed E-state index contributed by atoms with van der Waals surface area (Å²) in [7, 11) is 0. The average Bonchev–Trinajstić information content (AvgIpc) is 2.27. The summed E-state index contributed by atoms with van der Waals surface area (Å²) >= 11 is 1.84. The van der Waals surface area contributed by atoms with Crippen LogP contribution >= 0.6 is 11.8 Å². The Morgan fingerprint density at radius 3 is 2.33 bits per heavy atom. The molecule has 1 unspecified atom stereocenters. The highest BCUT2D eigenvalue weighted by atomic mass is 32.2. The van der Waals surface area contributed by atoms with Crippen LogP contribution in [0.3, 0.4) is 0 Å². The maximum absolute atomic E-state index is 12.0. The number of amides is 2. The molecule has 0 aromatic rings. The van der Waals surface area contributed by atoms with Crippen molar-refractivity contribution in [3.8, 4) is 0 Å². The fourth-order valence-corrected chi connectivity index (χ4v) is 2.66. The van der Waals surface area contributed by atoms with Gasteiger partial charge in [0, 0.05) is 30.6 Å². The lowest BCUT2D eigenvalue weighted by atomic mass is 9.85. The fourth-order valence-electron chi connectivity index (χ4n) is 1.76. The minimum Gasteiger partial charge on any atom is -0.481 e. The fraction of sp³-hybridized carbons (Fsp3) is 0.833. The third kappa shape index (κ3) is 4.76. The summed E-state index contributed by atoms with van der Waals surface area (Å²) < 4.78 is 0. The van der Waals surface area contributed by atoms with E-state index in [0.717, 1.165) is 24.6 Å². The van der Waals surface area contributed by atoms with Crippen molar-refractivity contribution < 1.29 is 14.7 Å². The molecule has 6 heteroatoms. The van der Waals surface area contributed by atoms with E-state index in [1.807, 2.05) is 32.5 Å². The molecule has 1 atom stereocenters. The molecule has 1 saturated heterocycles. The molecule has 0 aliphatic carbocycles. The standard InChI is InChI=1S/C12H22N2O3S/c1-12(2,3)9(8-10(15)16)13-11(17)14-4-6-18-7-5-14/h9H,4-8H2,1-3H3,(H,13,17)(H,15,16). The molecule has 0 aromatic carbocycles. The Morgan fingerprint density at radius 2 is 1.89 bits per heavy atom. The van der Waals surface area contributed by atoms with Crippen LogP contribution in [0.15, 0.2) is 0 Å². The van der Waals surface area contributed by atoms with Gasteiger partial charge in [-0.15, -0.1) is 0 Å². The summed E-state index contributed by atoms with van der Waals surface area (Å²) in [6, 6.07) is -0.492. The number of carboxylic acids is 1. The van der Waals surface area contributed by atoms with Crippen molar-refractivity contribution >= 4 is 23.8 Å². The van der Waals surface area contributed by atoms with Crippen molar-refractivity contribution in [2.45, 2.75) is 33.2 Å². The number of carboxylic acid groups (broad SMARTS) is 1. The lowest BCUT2D eigenvalue weighted by Gasteiger charge is -2.34. The number of carbonyl (C=O) groups excluding carboxylic acids is 1. The number of nitrogens with zero attached hydrogens (tertiary/aromatic N) is 1. The first-order valence-corrected chi connectivity index (χ1v) is 7.31. The van der Waals surface area contributed by atoms with Gasteiger partial charge in [-0.05, 0) is 5.41 Å². The monoisotopic (exact) mass is 274 g/mol. The van der Waals surface area contributed by atoms with Crippen LogP contribution < -0.4 is 5.32 Å². The minimum absolute atomic E-state index is 0.0438. The zero-order chi connectivity index (χ0) is 13.8. The lowest BCUT2D eigenvalue weighted by Crippen LogP contribution is -2.52. The van der Waals surface area contributed by atoms with Gasteiger partial charge in [-0.2, -0.15) is 11.8 Å². The molecule has 1 fully saturated rings. The molecule has 0 bridgehead atoms. The number of aliphatic carboxylic acids is 1. The van der Waals surface area contributed by atoms with Crippen LogP contribution in [-0.2, 0) is 4.79 Å². The zero-order valence-electron chi connectivity index (χ0n) is 11.2. The van der Waals surface area contributed by atoms with Crippen molar-refractivity contribution in [1.29, 1.82) is 0 Å². The molecule has 1 aliphatic rings. The molecule has 104 valence electrons. The van der Waals surface area contributed by atoms with E-state index in [1.54, 1.807) is 4.90 Å². The first-order valence-electron chi connectivity index (χ1n) is 6.15. The number of hydrogen-bond donors (Lipinski definition) is 2. The average molecular weight is 274 g/mol. The maximum atomic E-state index is 12.0. The van der Waals surface area contributed by atoms with Gasteiger partial charge in [0.15, 0.2) is 0 Å². The van der Waals surface area contributed by atoms with Crippen LogP contribution in [0.1, 0.15) is 27.2 Å².